The number of carboxylic acids is 1. The van der Waals surface area contributed by atoms with Crippen molar-refractivity contribution >= 4 is 47.3 Å². The number of thiazole rings is 1. The Kier molecular flexibility index (Phi) is 9.79. The minimum Gasteiger partial charge on any atom is -0.481 e. The molecule has 0 aromatic carbocycles. The van der Waals surface area contributed by atoms with Gasteiger partial charge >= 0.3 is 18.7 Å². The maximum atomic E-state index is 14.8. The van der Waals surface area contributed by atoms with Gasteiger partial charge in [-0.05, 0) is 49.8 Å². The topological polar surface area (TPSA) is 161 Å². The van der Waals surface area contributed by atoms with Gasteiger partial charge in [0.15, 0.2) is 12.0 Å². The lowest BCUT2D eigenvalue weighted by molar-refractivity contribution is -0.560. The number of hydrogen-bond donors (Lipinski definition) is 2. The van der Waals surface area contributed by atoms with Crippen LogP contribution in [0.25, 0.3) is 11.4 Å². The van der Waals surface area contributed by atoms with E-state index in [0.29, 0.717) is 11.6 Å². The Balaban J connectivity index is 1.29. The number of carboxylic acid groups (broad SMARTS) is 1. The number of ether oxygens (including phenoxy) is 2. The number of anilines is 1. The molecular weight excluding hydrogens is 600 g/mol. The van der Waals surface area contributed by atoms with Gasteiger partial charge in [0.1, 0.15) is 28.0 Å². The second kappa shape index (κ2) is 13.9. The average molecular weight is 631 g/mol. The molecule has 3 aromatic heterocycles. The first-order chi connectivity index (χ1) is 21.2. The Hall–Kier alpha value is -4.44. The molecule has 3 aromatic rings. The van der Waals surface area contributed by atoms with Gasteiger partial charge in [0.25, 0.3) is 5.91 Å². The number of carbonyl (C=O) groups excluding carboxylic acids is 2. The zero-order valence-electron chi connectivity index (χ0n) is 23.7. The highest BCUT2D eigenvalue weighted by molar-refractivity contribution is 7.10. The average Bonchev–Trinajstić information content (AvgIpc) is 3.77. The Labute approximate surface area is 254 Å². The van der Waals surface area contributed by atoms with Gasteiger partial charge in [0, 0.05) is 18.2 Å². The molecule has 4 heterocycles. The van der Waals surface area contributed by atoms with Crippen LogP contribution in [0.15, 0.2) is 28.8 Å². The van der Waals surface area contributed by atoms with E-state index in [0.717, 1.165) is 37.8 Å². The van der Waals surface area contributed by atoms with Crippen LogP contribution in [0.5, 0.6) is 0 Å². The van der Waals surface area contributed by atoms with E-state index in [1.807, 2.05) is 6.92 Å². The van der Waals surface area contributed by atoms with Crippen molar-refractivity contribution in [2.75, 3.05) is 18.7 Å². The molecule has 1 amide bonds. The van der Waals surface area contributed by atoms with E-state index < -0.39 is 35.5 Å². The van der Waals surface area contributed by atoms with Crippen molar-refractivity contribution in [1.29, 1.82) is 0 Å². The number of amides is 1. The first-order valence-corrected chi connectivity index (χ1v) is 14.9. The van der Waals surface area contributed by atoms with Gasteiger partial charge < -0.3 is 19.9 Å². The summed E-state index contributed by atoms with van der Waals surface area (Å²) >= 11 is 1.21. The summed E-state index contributed by atoms with van der Waals surface area (Å²) in [4.78, 5) is 43.7. The first-order valence-electron chi connectivity index (χ1n) is 14.0. The van der Waals surface area contributed by atoms with Crippen LogP contribution in [0, 0.1) is 11.8 Å². The summed E-state index contributed by atoms with van der Waals surface area (Å²) in [7, 11) is 0. The van der Waals surface area contributed by atoms with E-state index >= 15 is 0 Å². The van der Waals surface area contributed by atoms with Gasteiger partial charge in [-0.1, -0.05) is 4.68 Å². The van der Waals surface area contributed by atoms with Crippen molar-refractivity contribution in [3.63, 3.8) is 0 Å². The van der Waals surface area contributed by atoms with Gasteiger partial charge in [0.2, 0.25) is 5.95 Å². The fourth-order valence-electron chi connectivity index (χ4n) is 4.92. The van der Waals surface area contributed by atoms with E-state index in [2.05, 4.69) is 25.5 Å². The predicted molar refractivity (Wildman–Crippen MR) is 154 cm³/mol. The standard InChI is InChI=1S/C28H29F2N7O6S/c1-2-42-18-5-3-17(4-6-18)37-13-20(26(35-37)25-19(29)7-8-22(30)34-25)32-27(41)21-14-44-28(33-21)16-11-31-36(12-16)15-43-24(40)10-9-23(38)39/h7-8,11-14,16-18H,2-6,9-10,15H2,1H3,(H-,32,38,39,41)/p+1. The molecule has 2 N–H and O–H groups in total. The van der Waals surface area contributed by atoms with E-state index in [4.69, 9.17) is 14.6 Å². The van der Waals surface area contributed by atoms with Crippen molar-refractivity contribution in [1.82, 2.24) is 19.7 Å². The SMILES string of the molecule is CCOC1CCC(n2cc(NC(=O)c3csc(C4C=N[N+](COC(=O)CCC(=O)O)=C4)n3)c(-c3nc(F)ccc3F)n2)CC1. The lowest BCUT2D eigenvalue weighted by Crippen LogP contribution is -2.24. The van der Waals surface area contributed by atoms with E-state index in [1.165, 1.54) is 16.0 Å². The summed E-state index contributed by atoms with van der Waals surface area (Å²) in [5.41, 5.74) is -0.0589. The minimum absolute atomic E-state index is 0.00235. The van der Waals surface area contributed by atoms with Gasteiger partial charge in [-0.3, -0.25) is 19.1 Å². The number of esters is 1. The lowest BCUT2D eigenvalue weighted by atomic mass is 9.93. The molecule has 1 aliphatic carbocycles. The Bertz CT molecular complexity index is 1600. The minimum atomic E-state index is -1.10. The molecule has 1 unspecified atom stereocenters. The van der Waals surface area contributed by atoms with Crippen molar-refractivity contribution in [2.45, 2.75) is 63.5 Å². The van der Waals surface area contributed by atoms with E-state index in [9.17, 15) is 23.2 Å². The molecule has 0 radical (unpaired) electrons. The molecule has 0 bridgehead atoms. The molecule has 1 saturated carbocycles. The third-order valence-electron chi connectivity index (χ3n) is 7.09. The normalized spacial score (nSPS) is 19.5. The molecular formula is C28H30F2N7O6S+. The summed E-state index contributed by atoms with van der Waals surface area (Å²) in [5, 5.41) is 22.2. The number of rotatable bonds is 12. The quantitative estimate of drug-likeness (QED) is 0.171. The number of aromatic nitrogens is 4. The molecule has 0 saturated heterocycles. The van der Waals surface area contributed by atoms with Crippen molar-refractivity contribution in [3.8, 4) is 11.4 Å². The maximum absolute atomic E-state index is 14.8. The number of nitrogens with one attached hydrogen (secondary N) is 1. The van der Waals surface area contributed by atoms with Crippen LogP contribution in [-0.2, 0) is 19.1 Å². The van der Waals surface area contributed by atoms with E-state index in [-0.39, 0.29) is 54.5 Å². The van der Waals surface area contributed by atoms with Gasteiger partial charge in [0.05, 0.1) is 36.9 Å². The number of hydrazone groups is 1. The number of aliphatic carboxylic acids is 1. The molecule has 0 spiro atoms. The van der Waals surface area contributed by atoms with Crippen LogP contribution in [0.1, 0.15) is 72.9 Å². The summed E-state index contributed by atoms with van der Waals surface area (Å²) in [6, 6.07) is 1.85. The highest BCUT2D eigenvalue weighted by Crippen LogP contribution is 2.34. The van der Waals surface area contributed by atoms with Crippen molar-refractivity contribution < 1.29 is 42.4 Å². The largest absolute Gasteiger partial charge is 0.481 e. The summed E-state index contributed by atoms with van der Waals surface area (Å²) in [6.45, 7) is 2.39. The fourth-order valence-corrected chi connectivity index (χ4v) is 5.74. The second-order valence-electron chi connectivity index (χ2n) is 10.2. The molecule has 5 rings (SSSR count). The van der Waals surface area contributed by atoms with Crippen LogP contribution in [0.2, 0.25) is 0 Å². The summed E-state index contributed by atoms with van der Waals surface area (Å²) < 4.78 is 42.6. The van der Waals surface area contributed by atoms with Crippen LogP contribution in [-0.4, -0.2) is 79.3 Å². The number of pyridine rings is 1. The van der Waals surface area contributed by atoms with Crippen LogP contribution < -0.4 is 5.32 Å². The Morgan fingerprint density at radius 1 is 1.14 bits per heavy atom. The summed E-state index contributed by atoms with van der Waals surface area (Å²) in [5.74, 6) is -4.40. The Morgan fingerprint density at radius 3 is 2.68 bits per heavy atom. The zero-order valence-corrected chi connectivity index (χ0v) is 24.5. The molecule has 1 atom stereocenters. The molecule has 16 heteroatoms. The number of nitrogens with zero attached hydrogens (tertiary/aromatic N) is 6. The molecule has 1 fully saturated rings. The molecule has 2 aliphatic rings. The molecule has 44 heavy (non-hydrogen) atoms. The second-order valence-corrected chi connectivity index (χ2v) is 11.1. The smallest absolute Gasteiger partial charge is 0.319 e. The highest BCUT2D eigenvalue weighted by atomic mass is 32.1. The van der Waals surface area contributed by atoms with Gasteiger partial charge in [-0.25, -0.2) is 14.4 Å². The molecule has 13 nitrogen and oxygen atoms in total. The zero-order chi connectivity index (χ0) is 31.2. The van der Waals surface area contributed by atoms with Crippen LogP contribution in [0.3, 0.4) is 0 Å². The highest BCUT2D eigenvalue weighted by Gasteiger charge is 2.28. The molecule has 232 valence electrons. The lowest BCUT2D eigenvalue weighted by Gasteiger charge is -2.28. The number of hydrogen-bond acceptors (Lipinski definition) is 10. The number of halogens is 2. The predicted octanol–water partition coefficient (Wildman–Crippen LogP) is 3.98. The van der Waals surface area contributed by atoms with Gasteiger partial charge in [-0.2, -0.15) is 9.49 Å². The third-order valence-corrected chi connectivity index (χ3v) is 8.03. The van der Waals surface area contributed by atoms with Crippen molar-refractivity contribution in [2.24, 2.45) is 5.10 Å². The summed E-state index contributed by atoms with van der Waals surface area (Å²) in [6.07, 6.45) is 7.59. The van der Waals surface area contributed by atoms with Crippen LogP contribution >= 0.6 is 11.3 Å². The van der Waals surface area contributed by atoms with Gasteiger partial charge in [-0.15, -0.1) is 11.3 Å². The third kappa shape index (κ3) is 7.55. The van der Waals surface area contributed by atoms with Crippen molar-refractivity contribution in [3.05, 3.63) is 46.2 Å². The Morgan fingerprint density at radius 2 is 1.93 bits per heavy atom. The number of carbonyl (C=O) groups is 3. The molecule has 1 aliphatic heterocycles. The fraction of sp³-hybridized carbons (Fsp3) is 0.429. The maximum Gasteiger partial charge on any atom is 0.319 e. The monoisotopic (exact) mass is 630 g/mol. The van der Waals surface area contributed by atoms with Crippen LogP contribution in [0.4, 0.5) is 14.5 Å². The first kappa shape index (κ1) is 31.0. The van der Waals surface area contributed by atoms with E-state index in [1.54, 1.807) is 28.7 Å².